The van der Waals surface area contributed by atoms with Crippen molar-refractivity contribution < 1.29 is 9.84 Å². The Labute approximate surface area is 144 Å². The van der Waals surface area contributed by atoms with Gasteiger partial charge in [-0.05, 0) is 63.4 Å². The third kappa shape index (κ3) is 5.38. The Morgan fingerprint density at radius 3 is 2.70 bits per heavy atom. The number of piperidine rings is 1. The first-order valence-corrected chi connectivity index (χ1v) is 9.64. The fourth-order valence-corrected chi connectivity index (χ4v) is 3.81. The lowest BCUT2D eigenvalue weighted by molar-refractivity contribution is 0.117. The van der Waals surface area contributed by atoms with Gasteiger partial charge in [0.05, 0.1) is 7.11 Å². The summed E-state index contributed by atoms with van der Waals surface area (Å²) in [5, 5.41) is 8.95. The van der Waals surface area contributed by atoms with Crippen LogP contribution in [0.15, 0.2) is 23.1 Å². The molecule has 1 N–H and O–H groups in total. The molecule has 0 spiro atoms. The summed E-state index contributed by atoms with van der Waals surface area (Å²) in [6.07, 6.45) is 5.37. The molecule has 0 amide bonds. The fourth-order valence-electron chi connectivity index (χ4n) is 3.26. The van der Waals surface area contributed by atoms with E-state index in [0.29, 0.717) is 6.04 Å². The third-order valence-electron chi connectivity index (χ3n) is 4.70. The smallest absolute Gasteiger partial charge is 0.132 e. The van der Waals surface area contributed by atoms with E-state index in [-0.39, 0.29) is 6.61 Å². The van der Waals surface area contributed by atoms with Crippen molar-refractivity contribution in [2.45, 2.75) is 36.7 Å². The van der Waals surface area contributed by atoms with E-state index in [1.54, 1.807) is 18.9 Å². The number of benzene rings is 1. The van der Waals surface area contributed by atoms with Crippen molar-refractivity contribution in [2.75, 3.05) is 46.7 Å². The fraction of sp³-hybridized carbons (Fsp3) is 0.667. The van der Waals surface area contributed by atoms with Gasteiger partial charge >= 0.3 is 0 Å². The second-order valence-electron chi connectivity index (χ2n) is 6.25. The van der Waals surface area contributed by atoms with Gasteiger partial charge < -0.3 is 14.7 Å². The predicted octanol–water partition coefficient (Wildman–Crippen LogP) is 2.70. The molecular weight excluding hydrogens is 308 g/mol. The van der Waals surface area contributed by atoms with Gasteiger partial charge in [0.2, 0.25) is 0 Å². The van der Waals surface area contributed by atoms with Crippen LogP contribution in [0.25, 0.3) is 0 Å². The number of rotatable bonds is 8. The lowest BCUT2D eigenvalue weighted by Gasteiger charge is -2.36. The summed E-state index contributed by atoms with van der Waals surface area (Å²) in [5.41, 5.74) is 1.33. The van der Waals surface area contributed by atoms with Gasteiger partial charge in [0.1, 0.15) is 5.75 Å². The highest BCUT2D eigenvalue weighted by Crippen LogP contribution is 2.29. The minimum Gasteiger partial charge on any atom is -0.496 e. The molecule has 0 aromatic heterocycles. The summed E-state index contributed by atoms with van der Waals surface area (Å²) in [6, 6.07) is 7.21. The van der Waals surface area contributed by atoms with Crippen LogP contribution in [0.2, 0.25) is 0 Å². The standard InChI is InChI=1S/C18H30N2O2S/c1-19(9-4-12-21)16-7-10-20(11-8-16)14-15-5-6-18(23-3)17(13-15)22-2/h5-6,13,16,21H,4,7-12,14H2,1-3H3. The molecule has 1 saturated heterocycles. The quantitative estimate of drug-likeness (QED) is 0.738. The van der Waals surface area contributed by atoms with Crippen LogP contribution in [-0.4, -0.2) is 67.6 Å². The summed E-state index contributed by atoms with van der Waals surface area (Å²) in [4.78, 5) is 6.13. The Kier molecular flexibility index (Phi) is 7.70. The van der Waals surface area contributed by atoms with Crippen molar-refractivity contribution >= 4 is 11.8 Å². The average Bonchev–Trinajstić information content (AvgIpc) is 2.60. The van der Waals surface area contributed by atoms with Crippen molar-refractivity contribution in [2.24, 2.45) is 0 Å². The minimum atomic E-state index is 0.289. The largest absolute Gasteiger partial charge is 0.496 e. The molecule has 0 unspecified atom stereocenters. The van der Waals surface area contributed by atoms with Crippen LogP contribution in [0, 0.1) is 0 Å². The number of likely N-dealkylation sites (tertiary alicyclic amines) is 1. The lowest BCUT2D eigenvalue weighted by atomic mass is 10.0. The van der Waals surface area contributed by atoms with Gasteiger partial charge in [-0.25, -0.2) is 0 Å². The van der Waals surface area contributed by atoms with Crippen molar-refractivity contribution in [1.82, 2.24) is 9.80 Å². The zero-order chi connectivity index (χ0) is 16.7. The van der Waals surface area contributed by atoms with Crippen LogP contribution in [-0.2, 0) is 6.54 Å². The Balaban J connectivity index is 1.84. The van der Waals surface area contributed by atoms with Crippen molar-refractivity contribution in [3.63, 3.8) is 0 Å². The molecule has 0 saturated carbocycles. The van der Waals surface area contributed by atoms with Gasteiger partial charge in [-0.1, -0.05) is 6.07 Å². The number of thioether (sulfide) groups is 1. The van der Waals surface area contributed by atoms with E-state index < -0.39 is 0 Å². The SMILES string of the molecule is COc1cc(CN2CCC(N(C)CCCO)CC2)ccc1SC. The molecule has 1 aliphatic heterocycles. The first-order valence-electron chi connectivity index (χ1n) is 8.42. The second kappa shape index (κ2) is 9.52. The van der Waals surface area contributed by atoms with E-state index in [4.69, 9.17) is 9.84 Å². The molecule has 0 radical (unpaired) electrons. The van der Waals surface area contributed by atoms with Crippen LogP contribution in [0.4, 0.5) is 0 Å². The van der Waals surface area contributed by atoms with E-state index in [9.17, 15) is 0 Å². The molecular formula is C18H30N2O2S. The van der Waals surface area contributed by atoms with Crippen LogP contribution < -0.4 is 4.74 Å². The highest BCUT2D eigenvalue weighted by molar-refractivity contribution is 7.98. The molecule has 1 aromatic carbocycles. The molecule has 1 aliphatic rings. The van der Waals surface area contributed by atoms with E-state index in [2.05, 4.69) is 41.3 Å². The summed E-state index contributed by atoms with van der Waals surface area (Å²) < 4.78 is 5.49. The van der Waals surface area contributed by atoms with Gasteiger partial charge in [-0.3, -0.25) is 4.90 Å². The molecule has 0 aliphatic carbocycles. The van der Waals surface area contributed by atoms with Gasteiger partial charge in [-0.15, -0.1) is 11.8 Å². The molecule has 130 valence electrons. The molecule has 5 heteroatoms. The molecule has 1 heterocycles. The third-order valence-corrected chi connectivity index (χ3v) is 5.48. The highest BCUT2D eigenvalue weighted by Gasteiger charge is 2.22. The molecule has 0 bridgehead atoms. The van der Waals surface area contributed by atoms with Crippen LogP contribution in [0.5, 0.6) is 5.75 Å². The number of hydrogen-bond donors (Lipinski definition) is 1. The normalized spacial score (nSPS) is 16.9. The number of ether oxygens (including phenoxy) is 1. The van der Waals surface area contributed by atoms with E-state index >= 15 is 0 Å². The Morgan fingerprint density at radius 2 is 2.09 bits per heavy atom. The summed E-state index contributed by atoms with van der Waals surface area (Å²) >= 11 is 1.72. The zero-order valence-corrected chi connectivity index (χ0v) is 15.4. The summed E-state index contributed by atoms with van der Waals surface area (Å²) in [5.74, 6) is 0.980. The maximum atomic E-state index is 8.95. The maximum absolute atomic E-state index is 8.95. The first-order chi connectivity index (χ1) is 11.2. The summed E-state index contributed by atoms with van der Waals surface area (Å²) in [6.45, 7) is 4.56. The topological polar surface area (TPSA) is 35.9 Å². The predicted molar refractivity (Wildman–Crippen MR) is 97.4 cm³/mol. The molecule has 2 rings (SSSR count). The maximum Gasteiger partial charge on any atom is 0.132 e. The Bertz CT molecular complexity index is 476. The van der Waals surface area contributed by atoms with E-state index in [1.165, 1.54) is 23.3 Å². The Morgan fingerprint density at radius 1 is 1.35 bits per heavy atom. The van der Waals surface area contributed by atoms with Crippen LogP contribution in [0.3, 0.4) is 0 Å². The monoisotopic (exact) mass is 338 g/mol. The summed E-state index contributed by atoms with van der Waals surface area (Å²) in [7, 11) is 3.93. The van der Waals surface area contributed by atoms with Crippen molar-refractivity contribution in [3.05, 3.63) is 23.8 Å². The number of hydrogen-bond acceptors (Lipinski definition) is 5. The van der Waals surface area contributed by atoms with E-state index in [0.717, 1.165) is 38.3 Å². The lowest BCUT2D eigenvalue weighted by Crippen LogP contribution is -2.43. The van der Waals surface area contributed by atoms with Crippen LogP contribution >= 0.6 is 11.8 Å². The van der Waals surface area contributed by atoms with Gasteiger partial charge in [0.25, 0.3) is 0 Å². The number of nitrogens with zero attached hydrogens (tertiary/aromatic N) is 2. The van der Waals surface area contributed by atoms with Crippen molar-refractivity contribution in [1.29, 1.82) is 0 Å². The number of aliphatic hydroxyl groups excluding tert-OH is 1. The van der Waals surface area contributed by atoms with Gasteiger partial charge in [0, 0.05) is 30.6 Å². The molecule has 23 heavy (non-hydrogen) atoms. The minimum absolute atomic E-state index is 0.289. The Hall–Kier alpha value is -0.750. The van der Waals surface area contributed by atoms with Crippen molar-refractivity contribution in [3.8, 4) is 5.75 Å². The average molecular weight is 339 g/mol. The van der Waals surface area contributed by atoms with Gasteiger partial charge in [0.15, 0.2) is 0 Å². The molecule has 0 atom stereocenters. The second-order valence-corrected chi connectivity index (χ2v) is 7.10. The number of aliphatic hydroxyl groups is 1. The highest BCUT2D eigenvalue weighted by atomic mass is 32.2. The number of methoxy groups -OCH3 is 1. The molecule has 4 nitrogen and oxygen atoms in total. The molecule has 1 aromatic rings. The van der Waals surface area contributed by atoms with Crippen LogP contribution in [0.1, 0.15) is 24.8 Å². The first kappa shape index (κ1) is 18.6. The van der Waals surface area contributed by atoms with E-state index in [1.807, 2.05) is 0 Å². The molecule has 1 fully saturated rings. The van der Waals surface area contributed by atoms with Gasteiger partial charge in [-0.2, -0.15) is 0 Å². The zero-order valence-electron chi connectivity index (χ0n) is 14.6.